The number of carbonyl (C=O) groups excluding carboxylic acids is 2. The van der Waals surface area contributed by atoms with Gasteiger partial charge in [0.2, 0.25) is 0 Å². The third-order valence-corrected chi connectivity index (χ3v) is 4.13. The molecule has 3 rings (SSSR count). The number of nitrogens with one attached hydrogen (secondary N) is 1. The van der Waals surface area contributed by atoms with Crippen LogP contribution in [0.2, 0.25) is 0 Å². The van der Waals surface area contributed by atoms with E-state index in [0.717, 1.165) is 11.3 Å². The van der Waals surface area contributed by atoms with Gasteiger partial charge in [-0.05, 0) is 48.9 Å². The smallest absolute Gasteiger partial charge is 0.338 e. The summed E-state index contributed by atoms with van der Waals surface area (Å²) in [7, 11) is 0. The molecule has 0 aromatic heterocycles. The van der Waals surface area contributed by atoms with Crippen LogP contribution in [0.3, 0.4) is 0 Å². The Balaban J connectivity index is 1.48. The first-order valence-corrected chi connectivity index (χ1v) is 9.61. The number of anilines is 1. The van der Waals surface area contributed by atoms with E-state index in [1.807, 2.05) is 43.3 Å². The number of para-hydroxylation sites is 3. The molecule has 0 heterocycles. The summed E-state index contributed by atoms with van der Waals surface area (Å²) in [6, 6.07) is 23.4. The zero-order valence-corrected chi connectivity index (χ0v) is 16.7. The van der Waals surface area contributed by atoms with Crippen LogP contribution in [0.15, 0.2) is 78.9 Å². The Morgan fingerprint density at radius 3 is 2.27 bits per heavy atom. The maximum Gasteiger partial charge on any atom is 0.338 e. The molecule has 1 N–H and O–H groups in total. The van der Waals surface area contributed by atoms with Crippen LogP contribution in [0.25, 0.3) is 0 Å². The fourth-order valence-corrected chi connectivity index (χ4v) is 2.67. The molecule has 0 aliphatic carbocycles. The Hall–Kier alpha value is -3.80. The Bertz CT molecular complexity index is 970. The van der Waals surface area contributed by atoms with E-state index < -0.39 is 18.5 Å². The van der Waals surface area contributed by atoms with Crippen molar-refractivity contribution in [1.29, 1.82) is 0 Å². The van der Waals surface area contributed by atoms with E-state index in [0.29, 0.717) is 30.2 Å². The molecule has 0 aliphatic rings. The van der Waals surface area contributed by atoms with Gasteiger partial charge in [-0.1, -0.05) is 42.5 Å². The summed E-state index contributed by atoms with van der Waals surface area (Å²) < 4.78 is 16.2. The summed E-state index contributed by atoms with van der Waals surface area (Å²) in [6.45, 7) is 2.34. The molecule has 6 nitrogen and oxygen atoms in total. The van der Waals surface area contributed by atoms with E-state index in [1.54, 1.807) is 42.5 Å². The first-order chi connectivity index (χ1) is 14.7. The van der Waals surface area contributed by atoms with Crippen molar-refractivity contribution in [2.45, 2.75) is 13.5 Å². The van der Waals surface area contributed by atoms with Crippen LogP contribution in [-0.2, 0) is 16.1 Å². The van der Waals surface area contributed by atoms with E-state index in [4.69, 9.17) is 14.2 Å². The monoisotopic (exact) mass is 405 g/mol. The topological polar surface area (TPSA) is 73.9 Å². The quantitative estimate of drug-likeness (QED) is 0.532. The second-order valence-corrected chi connectivity index (χ2v) is 6.35. The largest absolute Gasteiger partial charge is 0.492 e. The summed E-state index contributed by atoms with van der Waals surface area (Å²) in [5, 5.41) is 2.69. The molecule has 0 fully saturated rings. The fraction of sp³-hybridized carbons (Fsp3) is 0.167. The molecule has 0 bridgehead atoms. The third kappa shape index (κ3) is 6.10. The number of hydrogen-bond donors (Lipinski definition) is 1. The Labute approximate surface area is 175 Å². The number of rotatable bonds is 9. The number of ether oxygens (including phenoxy) is 3. The van der Waals surface area contributed by atoms with Crippen LogP contribution in [0.4, 0.5) is 5.69 Å². The van der Waals surface area contributed by atoms with Crippen molar-refractivity contribution in [3.63, 3.8) is 0 Å². The van der Waals surface area contributed by atoms with Gasteiger partial charge in [0.1, 0.15) is 18.1 Å². The Morgan fingerprint density at radius 2 is 1.53 bits per heavy atom. The van der Waals surface area contributed by atoms with Crippen molar-refractivity contribution in [2.24, 2.45) is 0 Å². The number of carbonyl (C=O) groups is 2. The number of amides is 1. The van der Waals surface area contributed by atoms with E-state index in [-0.39, 0.29) is 0 Å². The molecule has 154 valence electrons. The van der Waals surface area contributed by atoms with Crippen molar-refractivity contribution in [2.75, 3.05) is 18.5 Å². The van der Waals surface area contributed by atoms with Crippen LogP contribution in [0.5, 0.6) is 11.5 Å². The molecular formula is C24H23NO5. The zero-order chi connectivity index (χ0) is 21.2. The summed E-state index contributed by atoms with van der Waals surface area (Å²) >= 11 is 0. The first kappa shape index (κ1) is 20.9. The van der Waals surface area contributed by atoms with Gasteiger partial charge in [-0.15, -0.1) is 0 Å². The lowest BCUT2D eigenvalue weighted by molar-refractivity contribution is -0.119. The van der Waals surface area contributed by atoms with Crippen molar-refractivity contribution in [3.8, 4) is 11.5 Å². The van der Waals surface area contributed by atoms with Crippen LogP contribution in [-0.4, -0.2) is 25.1 Å². The number of hydrogen-bond acceptors (Lipinski definition) is 5. The van der Waals surface area contributed by atoms with Crippen molar-refractivity contribution < 1.29 is 23.8 Å². The molecule has 30 heavy (non-hydrogen) atoms. The molecule has 0 saturated carbocycles. The predicted molar refractivity (Wildman–Crippen MR) is 114 cm³/mol. The van der Waals surface area contributed by atoms with Gasteiger partial charge in [-0.2, -0.15) is 0 Å². The lowest BCUT2D eigenvalue weighted by Crippen LogP contribution is -2.21. The van der Waals surface area contributed by atoms with Crippen molar-refractivity contribution in [3.05, 3.63) is 90.0 Å². The van der Waals surface area contributed by atoms with Gasteiger partial charge in [0, 0.05) is 0 Å². The van der Waals surface area contributed by atoms with Crippen LogP contribution < -0.4 is 14.8 Å². The van der Waals surface area contributed by atoms with Gasteiger partial charge < -0.3 is 19.5 Å². The van der Waals surface area contributed by atoms with Crippen LogP contribution in [0.1, 0.15) is 22.8 Å². The average molecular weight is 405 g/mol. The number of benzene rings is 3. The molecule has 0 aliphatic heterocycles. The van der Waals surface area contributed by atoms with Gasteiger partial charge >= 0.3 is 5.97 Å². The van der Waals surface area contributed by atoms with Gasteiger partial charge in [-0.25, -0.2) is 4.79 Å². The maximum atomic E-state index is 12.2. The van der Waals surface area contributed by atoms with Crippen molar-refractivity contribution >= 4 is 17.6 Å². The second kappa shape index (κ2) is 10.7. The molecule has 3 aromatic rings. The normalized spacial score (nSPS) is 10.2. The molecule has 1 amide bonds. The molecular weight excluding hydrogens is 382 g/mol. The lowest BCUT2D eigenvalue weighted by atomic mass is 10.1. The van der Waals surface area contributed by atoms with Gasteiger partial charge in [0.05, 0.1) is 17.9 Å². The molecule has 0 spiro atoms. The molecule has 0 atom stereocenters. The molecule has 0 unspecified atom stereocenters. The minimum atomic E-state index is -0.571. The number of esters is 1. The molecule has 0 saturated heterocycles. The SMILES string of the molecule is CCOc1ccccc1NC(=O)COC(=O)c1ccc(COc2ccccc2)cc1. The van der Waals surface area contributed by atoms with E-state index in [1.165, 1.54) is 0 Å². The van der Waals surface area contributed by atoms with Crippen molar-refractivity contribution in [1.82, 2.24) is 0 Å². The Kier molecular flexibility index (Phi) is 7.44. The highest BCUT2D eigenvalue weighted by Gasteiger charge is 2.12. The van der Waals surface area contributed by atoms with E-state index >= 15 is 0 Å². The Morgan fingerprint density at radius 1 is 0.833 bits per heavy atom. The minimum Gasteiger partial charge on any atom is -0.492 e. The maximum absolute atomic E-state index is 12.2. The van der Waals surface area contributed by atoms with E-state index in [9.17, 15) is 9.59 Å². The van der Waals surface area contributed by atoms with E-state index in [2.05, 4.69) is 5.32 Å². The first-order valence-electron chi connectivity index (χ1n) is 9.61. The highest BCUT2D eigenvalue weighted by atomic mass is 16.5. The summed E-state index contributed by atoms with van der Waals surface area (Å²) in [6.07, 6.45) is 0. The standard InChI is InChI=1S/C24H23NO5/c1-2-28-22-11-7-6-10-21(22)25-23(26)17-30-24(27)19-14-12-18(13-15-19)16-29-20-8-4-3-5-9-20/h3-15H,2,16-17H2,1H3,(H,25,26). The highest BCUT2D eigenvalue weighted by Crippen LogP contribution is 2.23. The average Bonchev–Trinajstić information content (AvgIpc) is 2.78. The molecule has 0 radical (unpaired) electrons. The second-order valence-electron chi connectivity index (χ2n) is 6.35. The van der Waals surface area contributed by atoms with Gasteiger partial charge in [0.15, 0.2) is 6.61 Å². The highest BCUT2D eigenvalue weighted by molar-refractivity contribution is 5.96. The van der Waals surface area contributed by atoms with Gasteiger partial charge in [-0.3, -0.25) is 4.79 Å². The third-order valence-electron chi connectivity index (χ3n) is 4.13. The summed E-state index contributed by atoms with van der Waals surface area (Å²) in [5.41, 5.74) is 1.81. The minimum absolute atomic E-state index is 0.362. The zero-order valence-electron chi connectivity index (χ0n) is 16.7. The molecule has 3 aromatic carbocycles. The van der Waals surface area contributed by atoms with Crippen LogP contribution >= 0.6 is 0 Å². The lowest BCUT2D eigenvalue weighted by Gasteiger charge is -2.11. The summed E-state index contributed by atoms with van der Waals surface area (Å²) in [5.74, 6) is 0.327. The fourth-order valence-electron chi connectivity index (χ4n) is 2.67. The predicted octanol–water partition coefficient (Wildman–Crippen LogP) is 4.46. The molecule has 6 heteroatoms. The van der Waals surface area contributed by atoms with Gasteiger partial charge in [0.25, 0.3) is 5.91 Å². The summed E-state index contributed by atoms with van der Waals surface area (Å²) in [4.78, 5) is 24.3. The van der Waals surface area contributed by atoms with Crippen LogP contribution in [0, 0.1) is 0 Å².